The van der Waals surface area contributed by atoms with Crippen LogP contribution in [0.25, 0.3) is 0 Å². The third-order valence-corrected chi connectivity index (χ3v) is 3.91. The van der Waals surface area contributed by atoms with Crippen LogP contribution in [0.2, 0.25) is 0 Å². The number of hydrogen-bond donors (Lipinski definition) is 1. The van der Waals surface area contributed by atoms with Gasteiger partial charge in [-0.15, -0.1) is 0 Å². The molecule has 1 fully saturated rings. The van der Waals surface area contributed by atoms with Crippen molar-refractivity contribution in [2.24, 2.45) is 0 Å². The standard InChI is InChI=1S/C17H17FN4O/c18-15-9-12(10-19)1-2-14(15)11-23-16-5-8-21-17(22-16)13-3-6-20-7-4-13/h1-2,5,8-9,13,20H,3-4,6-7,11H2. The van der Waals surface area contributed by atoms with E-state index in [-0.39, 0.29) is 6.61 Å². The van der Waals surface area contributed by atoms with Gasteiger partial charge in [0.2, 0.25) is 5.88 Å². The van der Waals surface area contributed by atoms with Crippen LogP contribution >= 0.6 is 0 Å². The molecule has 2 heterocycles. The number of nitrogens with zero attached hydrogens (tertiary/aromatic N) is 3. The van der Waals surface area contributed by atoms with E-state index in [1.54, 1.807) is 24.4 Å². The fourth-order valence-electron chi connectivity index (χ4n) is 2.60. The van der Waals surface area contributed by atoms with Gasteiger partial charge in [-0.3, -0.25) is 0 Å². The Balaban J connectivity index is 1.67. The first-order valence-electron chi connectivity index (χ1n) is 7.61. The van der Waals surface area contributed by atoms with E-state index in [9.17, 15) is 4.39 Å². The van der Waals surface area contributed by atoms with Crippen molar-refractivity contribution in [3.63, 3.8) is 0 Å². The molecule has 118 valence electrons. The molecule has 23 heavy (non-hydrogen) atoms. The molecule has 1 aliphatic heterocycles. The normalized spacial score (nSPS) is 15.1. The summed E-state index contributed by atoms with van der Waals surface area (Å²) in [4.78, 5) is 8.77. The van der Waals surface area contributed by atoms with Gasteiger partial charge in [-0.2, -0.15) is 10.2 Å². The molecule has 1 aromatic carbocycles. The number of hydrogen-bond acceptors (Lipinski definition) is 5. The number of nitriles is 1. The smallest absolute Gasteiger partial charge is 0.216 e. The van der Waals surface area contributed by atoms with Gasteiger partial charge in [-0.05, 0) is 38.1 Å². The first kappa shape index (κ1) is 15.4. The second-order valence-electron chi connectivity index (χ2n) is 5.48. The third kappa shape index (κ3) is 3.82. The van der Waals surface area contributed by atoms with Crippen molar-refractivity contribution in [3.05, 3.63) is 53.2 Å². The molecule has 1 saturated heterocycles. The summed E-state index contributed by atoms with van der Waals surface area (Å²) in [7, 11) is 0. The fourth-order valence-corrected chi connectivity index (χ4v) is 2.60. The van der Waals surface area contributed by atoms with Gasteiger partial charge >= 0.3 is 0 Å². The summed E-state index contributed by atoms with van der Waals surface area (Å²) in [5.41, 5.74) is 0.688. The molecule has 5 nitrogen and oxygen atoms in total. The van der Waals surface area contributed by atoms with E-state index in [4.69, 9.17) is 10.00 Å². The Hall–Kier alpha value is -2.52. The summed E-state index contributed by atoms with van der Waals surface area (Å²) in [6.45, 7) is 2.01. The Bertz CT molecular complexity index is 723. The van der Waals surface area contributed by atoms with Crippen molar-refractivity contribution in [2.45, 2.75) is 25.4 Å². The van der Waals surface area contributed by atoms with Crippen LogP contribution in [0.4, 0.5) is 4.39 Å². The number of piperidine rings is 1. The molecule has 1 N–H and O–H groups in total. The predicted octanol–water partition coefficient (Wildman–Crippen LogP) is 2.53. The monoisotopic (exact) mass is 312 g/mol. The zero-order valence-electron chi connectivity index (χ0n) is 12.6. The first-order chi connectivity index (χ1) is 11.3. The maximum atomic E-state index is 13.8. The quantitative estimate of drug-likeness (QED) is 0.939. The average Bonchev–Trinajstić information content (AvgIpc) is 2.61. The molecule has 0 bridgehead atoms. The highest BCUT2D eigenvalue weighted by Gasteiger charge is 2.18. The summed E-state index contributed by atoms with van der Waals surface area (Å²) in [5.74, 6) is 1.12. The lowest BCUT2D eigenvalue weighted by Crippen LogP contribution is -2.27. The molecule has 0 radical (unpaired) electrons. The van der Waals surface area contributed by atoms with Gasteiger partial charge in [-0.25, -0.2) is 9.37 Å². The molecule has 2 aromatic rings. The van der Waals surface area contributed by atoms with Crippen LogP contribution in [0, 0.1) is 17.1 Å². The Labute approximate surface area is 134 Å². The molecule has 0 atom stereocenters. The van der Waals surface area contributed by atoms with Crippen LogP contribution < -0.4 is 10.1 Å². The molecule has 6 heteroatoms. The van der Waals surface area contributed by atoms with E-state index in [0.29, 0.717) is 22.9 Å². The molecular formula is C17H17FN4O. The molecule has 0 amide bonds. The van der Waals surface area contributed by atoms with Crippen molar-refractivity contribution >= 4 is 0 Å². The van der Waals surface area contributed by atoms with Crippen LogP contribution in [0.1, 0.15) is 35.7 Å². The maximum Gasteiger partial charge on any atom is 0.216 e. The highest BCUT2D eigenvalue weighted by molar-refractivity contribution is 5.32. The van der Waals surface area contributed by atoms with Gasteiger partial charge in [0, 0.05) is 23.7 Å². The van der Waals surface area contributed by atoms with Crippen molar-refractivity contribution < 1.29 is 9.13 Å². The lowest BCUT2D eigenvalue weighted by Gasteiger charge is -2.21. The minimum absolute atomic E-state index is 0.0697. The second-order valence-corrected chi connectivity index (χ2v) is 5.48. The van der Waals surface area contributed by atoms with E-state index in [2.05, 4.69) is 15.3 Å². The third-order valence-electron chi connectivity index (χ3n) is 3.91. The van der Waals surface area contributed by atoms with Gasteiger partial charge in [0.05, 0.1) is 11.6 Å². The van der Waals surface area contributed by atoms with Gasteiger partial charge in [-0.1, -0.05) is 6.07 Å². The maximum absolute atomic E-state index is 13.8. The first-order valence-corrected chi connectivity index (χ1v) is 7.61. The van der Waals surface area contributed by atoms with Gasteiger partial charge in [0.1, 0.15) is 18.2 Å². The lowest BCUT2D eigenvalue weighted by molar-refractivity contribution is 0.284. The topological polar surface area (TPSA) is 70.8 Å². The zero-order chi connectivity index (χ0) is 16.1. The van der Waals surface area contributed by atoms with Crippen LogP contribution in [0.15, 0.2) is 30.5 Å². The van der Waals surface area contributed by atoms with Crippen molar-refractivity contribution in [1.82, 2.24) is 15.3 Å². The van der Waals surface area contributed by atoms with E-state index >= 15 is 0 Å². The zero-order valence-corrected chi connectivity index (χ0v) is 12.6. The SMILES string of the molecule is N#Cc1ccc(COc2ccnc(C3CCNCC3)n2)c(F)c1. The molecule has 0 unspecified atom stereocenters. The summed E-state index contributed by atoms with van der Waals surface area (Å²) in [6, 6.07) is 7.92. The van der Waals surface area contributed by atoms with Crippen LogP contribution in [-0.4, -0.2) is 23.1 Å². The van der Waals surface area contributed by atoms with Gasteiger partial charge < -0.3 is 10.1 Å². The Kier molecular flexibility index (Phi) is 4.79. The summed E-state index contributed by atoms with van der Waals surface area (Å²) >= 11 is 0. The fraction of sp³-hybridized carbons (Fsp3) is 0.353. The number of halogens is 1. The predicted molar refractivity (Wildman–Crippen MR) is 82.3 cm³/mol. The van der Waals surface area contributed by atoms with Gasteiger partial charge in [0.25, 0.3) is 0 Å². The van der Waals surface area contributed by atoms with Crippen LogP contribution in [0.5, 0.6) is 5.88 Å². The average molecular weight is 312 g/mol. The van der Waals surface area contributed by atoms with E-state index < -0.39 is 5.82 Å². The highest BCUT2D eigenvalue weighted by Crippen LogP contribution is 2.23. The minimum atomic E-state index is -0.448. The number of nitrogens with one attached hydrogen (secondary N) is 1. The summed E-state index contributed by atoms with van der Waals surface area (Å²) < 4.78 is 19.4. The Morgan fingerprint density at radius 2 is 2.13 bits per heavy atom. The number of aromatic nitrogens is 2. The second kappa shape index (κ2) is 7.16. The van der Waals surface area contributed by atoms with Crippen molar-refractivity contribution in [1.29, 1.82) is 5.26 Å². The molecule has 0 aliphatic carbocycles. The molecule has 0 saturated carbocycles. The van der Waals surface area contributed by atoms with E-state index in [1.165, 1.54) is 6.07 Å². The summed E-state index contributed by atoms with van der Waals surface area (Å²) in [5, 5.41) is 12.1. The van der Waals surface area contributed by atoms with Crippen molar-refractivity contribution in [2.75, 3.05) is 13.1 Å². The van der Waals surface area contributed by atoms with Crippen LogP contribution in [0.3, 0.4) is 0 Å². The molecule has 3 rings (SSSR count). The molecular weight excluding hydrogens is 295 g/mol. The van der Waals surface area contributed by atoms with E-state index in [1.807, 2.05) is 6.07 Å². The molecule has 1 aliphatic rings. The van der Waals surface area contributed by atoms with Gasteiger partial charge in [0.15, 0.2) is 0 Å². The molecule has 1 aromatic heterocycles. The summed E-state index contributed by atoms with van der Waals surface area (Å²) in [6.07, 6.45) is 3.69. The highest BCUT2D eigenvalue weighted by atomic mass is 19.1. The number of benzene rings is 1. The van der Waals surface area contributed by atoms with E-state index in [0.717, 1.165) is 31.8 Å². The van der Waals surface area contributed by atoms with Crippen LogP contribution in [-0.2, 0) is 6.61 Å². The molecule has 0 spiro atoms. The number of ether oxygens (including phenoxy) is 1. The largest absolute Gasteiger partial charge is 0.473 e. The Morgan fingerprint density at radius 1 is 1.30 bits per heavy atom. The Morgan fingerprint density at radius 3 is 2.87 bits per heavy atom. The van der Waals surface area contributed by atoms with Crippen molar-refractivity contribution in [3.8, 4) is 11.9 Å². The lowest BCUT2D eigenvalue weighted by atomic mass is 9.97. The number of rotatable bonds is 4. The minimum Gasteiger partial charge on any atom is -0.473 e.